The highest BCUT2D eigenvalue weighted by Gasteiger charge is 2.24. The van der Waals surface area contributed by atoms with Crippen LogP contribution >= 0.6 is 0 Å². The van der Waals surface area contributed by atoms with Crippen molar-refractivity contribution >= 4 is 11.8 Å². The van der Waals surface area contributed by atoms with Crippen molar-refractivity contribution in [2.75, 3.05) is 32.8 Å². The fourth-order valence-electron chi connectivity index (χ4n) is 3.17. The maximum absolute atomic E-state index is 13.9. The summed E-state index contributed by atoms with van der Waals surface area (Å²) in [7, 11) is 0. The number of carbonyl (C=O) groups excluding carboxylic acids is 2. The van der Waals surface area contributed by atoms with Gasteiger partial charge < -0.3 is 14.5 Å². The number of ether oxygens (including phenoxy) is 1. The second-order valence-corrected chi connectivity index (χ2v) is 6.38. The van der Waals surface area contributed by atoms with Crippen molar-refractivity contribution in [1.82, 2.24) is 9.80 Å². The topological polar surface area (TPSA) is 49.9 Å². The molecule has 5 nitrogen and oxygen atoms in total. The van der Waals surface area contributed by atoms with Crippen LogP contribution in [-0.2, 0) is 0 Å². The van der Waals surface area contributed by atoms with Crippen molar-refractivity contribution in [2.24, 2.45) is 0 Å². The number of nitrogens with zero attached hydrogens (tertiary/aromatic N) is 2. The van der Waals surface area contributed by atoms with Crippen molar-refractivity contribution in [3.63, 3.8) is 0 Å². The molecular weight excluding hydrogens is 347 g/mol. The average molecular weight is 370 g/mol. The Morgan fingerprint density at radius 1 is 0.926 bits per heavy atom. The van der Waals surface area contributed by atoms with Gasteiger partial charge in [0.15, 0.2) is 0 Å². The molecule has 3 rings (SSSR count). The molecule has 1 fully saturated rings. The van der Waals surface area contributed by atoms with Crippen molar-refractivity contribution in [3.8, 4) is 5.75 Å². The lowest BCUT2D eigenvalue weighted by atomic mass is 10.2. The van der Waals surface area contributed by atoms with Crippen molar-refractivity contribution in [2.45, 2.75) is 13.3 Å². The highest BCUT2D eigenvalue weighted by molar-refractivity contribution is 5.95. The van der Waals surface area contributed by atoms with Gasteiger partial charge >= 0.3 is 0 Å². The van der Waals surface area contributed by atoms with E-state index in [0.717, 1.165) is 5.75 Å². The van der Waals surface area contributed by atoms with Crippen LogP contribution in [0.2, 0.25) is 0 Å². The molecule has 0 aromatic heterocycles. The monoisotopic (exact) mass is 370 g/mol. The predicted molar refractivity (Wildman–Crippen MR) is 100 cm³/mol. The van der Waals surface area contributed by atoms with Crippen LogP contribution in [0.4, 0.5) is 4.39 Å². The van der Waals surface area contributed by atoms with Gasteiger partial charge in [-0.25, -0.2) is 4.39 Å². The zero-order chi connectivity index (χ0) is 19.2. The van der Waals surface area contributed by atoms with Crippen molar-refractivity contribution < 1.29 is 18.7 Å². The molecule has 0 unspecified atom stereocenters. The summed E-state index contributed by atoms with van der Waals surface area (Å²) in [6.07, 6.45) is 0.656. The quantitative estimate of drug-likeness (QED) is 0.830. The molecule has 2 amide bonds. The van der Waals surface area contributed by atoms with E-state index in [9.17, 15) is 14.0 Å². The molecule has 142 valence electrons. The Morgan fingerprint density at radius 3 is 2.19 bits per heavy atom. The summed E-state index contributed by atoms with van der Waals surface area (Å²) < 4.78 is 19.3. The molecule has 2 aromatic rings. The first-order valence-corrected chi connectivity index (χ1v) is 9.16. The fraction of sp³-hybridized carbons (Fsp3) is 0.333. The van der Waals surface area contributed by atoms with E-state index >= 15 is 0 Å². The van der Waals surface area contributed by atoms with Gasteiger partial charge in [-0.1, -0.05) is 12.1 Å². The molecule has 0 spiro atoms. The van der Waals surface area contributed by atoms with E-state index in [-0.39, 0.29) is 17.4 Å². The van der Waals surface area contributed by atoms with E-state index in [4.69, 9.17) is 4.74 Å². The van der Waals surface area contributed by atoms with Crippen LogP contribution in [0, 0.1) is 5.82 Å². The molecule has 0 radical (unpaired) electrons. The van der Waals surface area contributed by atoms with Gasteiger partial charge in [0.2, 0.25) is 0 Å². The Balaban J connectivity index is 1.65. The van der Waals surface area contributed by atoms with E-state index in [2.05, 4.69) is 0 Å². The zero-order valence-corrected chi connectivity index (χ0v) is 15.4. The summed E-state index contributed by atoms with van der Waals surface area (Å²) in [5.74, 6) is -0.192. The second kappa shape index (κ2) is 8.66. The predicted octanol–water partition coefficient (Wildman–Crippen LogP) is 3.21. The van der Waals surface area contributed by atoms with Gasteiger partial charge in [0.05, 0.1) is 12.2 Å². The number of amides is 2. The number of carbonyl (C=O) groups is 2. The minimum absolute atomic E-state index is 0.0711. The molecule has 1 saturated heterocycles. The molecule has 1 heterocycles. The summed E-state index contributed by atoms with van der Waals surface area (Å²) >= 11 is 0. The van der Waals surface area contributed by atoms with E-state index in [0.29, 0.717) is 44.8 Å². The number of hydrogen-bond acceptors (Lipinski definition) is 3. The van der Waals surface area contributed by atoms with Gasteiger partial charge in [-0.3, -0.25) is 9.59 Å². The van der Waals surface area contributed by atoms with Crippen LogP contribution in [0.25, 0.3) is 0 Å². The first kappa shape index (κ1) is 18.9. The fourth-order valence-corrected chi connectivity index (χ4v) is 3.17. The van der Waals surface area contributed by atoms with Gasteiger partial charge in [-0.15, -0.1) is 0 Å². The van der Waals surface area contributed by atoms with Crippen LogP contribution in [-0.4, -0.2) is 54.4 Å². The third kappa shape index (κ3) is 4.45. The van der Waals surface area contributed by atoms with Crippen LogP contribution in [0.5, 0.6) is 5.75 Å². The van der Waals surface area contributed by atoms with Gasteiger partial charge in [0.1, 0.15) is 11.6 Å². The number of benzene rings is 2. The molecule has 0 N–H and O–H groups in total. The zero-order valence-electron chi connectivity index (χ0n) is 15.4. The summed E-state index contributed by atoms with van der Waals surface area (Å²) in [5, 5.41) is 0. The number of hydrogen-bond donors (Lipinski definition) is 0. The van der Waals surface area contributed by atoms with Gasteiger partial charge in [-0.05, 0) is 49.7 Å². The molecule has 1 aliphatic rings. The minimum Gasteiger partial charge on any atom is -0.494 e. The molecule has 0 bridgehead atoms. The maximum atomic E-state index is 13.9. The lowest BCUT2D eigenvalue weighted by Gasteiger charge is -2.22. The van der Waals surface area contributed by atoms with Crippen molar-refractivity contribution in [3.05, 3.63) is 65.5 Å². The Labute approximate surface area is 158 Å². The van der Waals surface area contributed by atoms with E-state index in [1.807, 2.05) is 6.92 Å². The van der Waals surface area contributed by atoms with E-state index < -0.39 is 5.82 Å². The summed E-state index contributed by atoms with van der Waals surface area (Å²) in [4.78, 5) is 28.7. The van der Waals surface area contributed by atoms with Gasteiger partial charge in [0, 0.05) is 31.7 Å². The smallest absolute Gasteiger partial charge is 0.256 e. The molecule has 0 aliphatic carbocycles. The number of rotatable bonds is 4. The van der Waals surface area contributed by atoms with Gasteiger partial charge in [-0.2, -0.15) is 0 Å². The average Bonchev–Trinajstić information content (AvgIpc) is 2.94. The third-order valence-corrected chi connectivity index (χ3v) is 4.59. The molecule has 2 aromatic carbocycles. The highest BCUT2D eigenvalue weighted by atomic mass is 19.1. The summed E-state index contributed by atoms with van der Waals surface area (Å²) in [5.41, 5.74) is 0.663. The Kier molecular flexibility index (Phi) is 6.06. The number of halogens is 1. The standard InChI is InChI=1S/C21H23FN2O3/c1-2-27-17-10-8-16(9-11-17)20(25)23-12-5-13-24(15-14-23)21(26)18-6-3-4-7-19(18)22/h3-4,6-11H,2,5,12-15H2,1H3. The van der Waals surface area contributed by atoms with Gasteiger partial charge in [0.25, 0.3) is 11.8 Å². The first-order chi connectivity index (χ1) is 13.1. The Morgan fingerprint density at radius 2 is 1.56 bits per heavy atom. The lowest BCUT2D eigenvalue weighted by Crippen LogP contribution is -2.37. The largest absolute Gasteiger partial charge is 0.494 e. The van der Waals surface area contributed by atoms with Crippen LogP contribution in [0.1, 0.15) is 34.1 Å². The molecule has 0 saturated carbocycles. The highest BCUT2D eigenvalue weighted by Crippen LogP contribution is 2.16. The summed E-state index contributed by atoms with van der Waals surface area (Å²) in [6.45, 7) is 4.35. The van der Waals surface area contributed by atoms with Crippen LogP contribution < -0.4 is 4.74 Å². The second-order valence-electron chi connectivity index (χ2n) is 6.38. The van der Waals surface area contributed by atoms with Crippen molar-refractivity contribution in [1.29, 1.82) is 0 Å². The van der Waals surface area contributed by atoms with E-state index in [1.54, 1.807) is 46.2 Å². The minimum atomic E-state index is -0.519. The molecule has 0 atom stereocenters. The normalized spacial score (nSPS) is 14.6. The Hall–Kier alpha value is -2.89. The maximum Gasteiger partial charge on any atom is 0.256 e. The Bertz CT molecular complexity index is 807. The molecular formula is C21H23FN2O3. The summed E-state index contributed by atoms with van der Waals surface area (Å²) in [6, 6.07) is 13.0. The van der Waals surface area contributed by atoms with Crippen LogP contribution in [0.3, 0.4) is 0 Å². The molecule has 6 heteroatoms. The molecule has 27 heavy (non-hydrogen) atoms. The third-order valence-electron chi connectivity index (χ3n) is 4.59. The lowest BCUT2D eigenvalue weighted by molar-refractivity contribution is 0.0716. The van der Waals surface area contributed by atoms with E-state index in [1.165, 1.54) is 12.1 Å². The first-order valence-electron chi connectivity index (χ1n) is 9.16. The van der Waals surface area contributed by atoms with Crippen LogP contribution in [0.15, 0.2) is 48.5 Å². The SMILES string of the molecule is CCOc1ccc(C(=O)N2CCCN(C(=O)c3ccccc3F)CC2)cc1. The molecule has 1 aliphatic heterocycles.